The third kappa shape index (κ3) is 2.94. The van der Waals surface area contributed by atoms with Crippen LogP contribution in [0.4, 0.5) is 14.5 Å². The second-order valence-corrected chi connectivity index (χ2v) is 8.47. The molecule has 1 aromatic heterocycles. The van der Waals surface area contributed by atoms with Gasteiger partial charge in [0.2, 0.25) is 17.6 Å². The van der Waals surface area contributed by atoms with Crippen molar-refractivity contribution in [1.29, 1.82) is 0 Å². The van der Waals surface area contributed by atoms with E-state index < -0.39 is 53.9 Å². The van der Waals surface area contributed by atoms with E-state index in [1.165, 1.54) is 0 Å². The normalized spacial score (nSPS) is 29.8. The van der Waals surface area contributed by atoms with E-state index in [9.17, 15) is 23.2 Å². The highest BCUT2D eigenvalue weighted by Gasteiger charge is 2.62. The van der Waals surface area contributed by atoms with Gasteiger partial charge in [0.1, 0.15) is 5.41 Å². The Morgan fingerprint density at radius 1 is 1.25 bits per heavy atom. The lowest BCUT2D eigenvalue weighted by atomic mass is 9.63. The zero-order chi connectivity index (χ0) is 22.8. The van der Waals surface area contributed by atoms with Crippen molar-refractivity contribution in [1.82, 2.24) is 15.5 Å². The Balaban J connectivity index is 1.64. The summed E-state index contributed by atoms with van der Waals surface area (Å²) in [6.45, 7) is 4.16. The van der Waals surface area contributed by atoms with Gasteiger partial charge in [-0.05, 0) is 44.0 Å². The van der Waals surface area contributed by atoms with Crippen molar-refractivity contribution < 1.29 is 32.4 Å². The van der Waals surface area contributed by atoms with Gasteiger partial charge < -0.3 is 14.2 Å². The third-order valence-corrected chi connectivity index (χ3v) is 6.41. The number of ketones is 1. The van der Waals surface area contributed by atoms with Gasteiger partial charge in [-0.25, -0.2) is 0 Å². The number of hydrogen-bond donors (Lipinski definition) is 1. The minimum atomic E-state index is -2.89. The summed E-state index contributed by atoms with van der Waals surface area (Å²) in [4.78, 5) is 44.0. The molecule has 11 heteroatoms. The molecular weight excluding hydrogens is 426 g/mol. The number of Topliss-reactive ketones (excluding diaryl/α,β-unsaturated/α-hetero) is 1. The zero-order valence-corrected chi connectivity index (χ0v) is 17.3. The summed E-state index contributed by atoms with van der Waals surface area (Å²) < 4.78 is 36.3. The first-order valence-electron chi connectivity index (χ1n) is 10.3. The molecule has 4 heterocycles. The molecule has 3 aliphatic heterocycles. The van der Waals surface area contributed by atoms with Gasteiger partial charge in [0.05, 0.1) is 24.7 Å². The zero-order valence-electron chi connectivity index (χ0n) is 17.3. The first kappa shape index (κ1) is 20.7. The Labute approximate surface area is 181 Å². The minimum absolute atomic E-state index is 0.0161. The lowest BCUT2D eigenvalue weighted by Crippen LogP contribution is -2.72. The average molecular weight is 446 g/mol. The van der Waals surface area contributed by atoms with E-state index in [0.717, 1.165) is 5.69 Å². The number of morpholine rings is 1. The van der Waals surface area contributed by atoms with Gasteiger partial charge in [0, 0.05) is 17.8 Å². The van der Waals surface area contributed by atoms with Crippen LogP contribution in [0.1, 0.15) is 38.1 Å². The number of benzene rings is 1. The quantitative estimate of drug-likeness (QED) is 0.549. The summed E-state index contributed by atoms with van der Waals surface area (Å²) in [6, 6.07) is 4.57. The van der Waals surface area contributed by atoms with Crippen LogP contribution < -0.4 is 10.2 Å². The van der Waals surface area contributed by atoms with E-state index in [4.69, 9.17) is 4.74 Å². The molecule has 2 saturated heterocycles. The topological polar surface area (TPSA) is 115 Å². The fraction of sp³-hybridized carbons (Fsp3) is 0.476. The molecular formula is C21H20F2N4O5. The van der Waals surface area contributed by atoms with Crippen molar-refractivity contribution in [3.63, 3.8) is 0 Å². The number of piperidine rings is 1. The molecule has 5 rings (SSSR count). The Morgan fingerprint density at radius 3 is 2.72 bits per heavy atom. The second kappa shape index (κ2) is 7.16. The lowest BCUT2D eigenvalue weighted by Gasteiger charge is -2.55. The molecule has 2 amide bonds. The second-order valence-electron chi connectivity index (χ2n) is 8.47. The molecule has 32 heavy (non-hydrogen) atoms. The number of rotatable bonds is 2. The molecule has 2 fully saturated rings. The van der Waals surface area contributed by atoms with E-state index in [1.807, 2.05) is 18.7 Å². The molecule has 3 aliphatic rings. The molecule has 0 aliphatic carbocycles. The van der Waals surface area contributed by atoms with Crippen LogP contribution >= 0.6 is 0 Å². The van der Waals surface area contributed by atoms with E-state index in [1.54, 1.807) is 18.2 Å². The van der Waals surface area contributed by atoms with Crippen LogP contribution in [0, 0.1) is 5.41 Å². The van der Waals surface area contributed by atoms with Crippen molar-refractivity contribution in [3.05, 3.63) is 29.7 Å². The number of alkyl halides is 2. The van der Waals surface area contributed by atoms with Gasteiger partial charge in [-0.2, -0.15) is 13.8 Å². The number of nitrogens with zero attached hydrogens (tertiary/aromatic N) is 3. The van der Waals surface area contributed by atoms with Crippen LogP contribution in [-0.4, -0.2) is 52.5 Å². The number of carbonyl (C=O) groups excluding carboxylic acids is 3. The molecule has 168 valence electrons. The number of hydrogen-bond acceptors (Lipinski definition) is 8. The van der Waals surface area contributed by atoms with Gasteiger partial charge >= 0.3 is 6.43 Å². The van der Waals surface area contributed by atoms with E-state index in [0.29, 0.717) is 17.7 Å². The smallest absolute Gasteiger partial charge is 0.315 e. The number of anilines is 1. The molecule has 2 aromatic rings. The van der Waals surface area contributed by atoms with E-state index >= 15 is 0 Å². The van der Waals surface area contributed by atoms with Crippen LogP contribution in [0.2, 0.25) is 0 Å². The predicted molar refractivity (Wildman–Crippen MR) is 105 cm³/mol. The van der Waals surface area contributed by atoms with Crippen molar-refractivity contribution in [2.75, 3.05) is 11.4 Å². The number of imide groups is 1. The first-order valence-corrected chi connectivity index (χ1v) is 10.3. The molecule has 4 atom stereocenters. The standard InChI is InChI=1S/C21H20F2N4O5/c1-9-8-27-13-4-3-11(18-25-19(17(22)23)32-26-18)5-12(13)7-21(16(27)10(2)31-9)14(28)6-15(29)24-20(21)30/h3-5,9-10,16-17H,6-8H2,1-2H3,(H,24,29,30)/t9-,10+,16-,21-/m1/s1. The maximum absolute atomic E-state index is 13.2. The average Bonchev–Trinajstić information content (AvgIpc) is 3.21. The summed E-state index contributed by atoms with van der Waals surface area (Å²) in [7, 11) is 0. The fourth-order valence-corrected chi connectivity index (χ4v) is 5.23. The molecule has 0 unspecified atom stereocenters. The van der Waals surface area contributed by atoms with E-state index in [-0.39, 0.29) is 18.3 Å². The largest absolute Gasteiger partial charge is 0.372 e. The summed E-state index contributed by atoms with van der Waals surface area (Å²) >= 11 is 0. The number of carbonyl (C=O) groups is 3. The summed E-state index contributed by atoms with van der Waals surface area (Å²) in [5, 5.41) is 5.94. The van der Waals surface area contributed by atoms with Crippen LogP contribution in [0.15, 0.2) is 22.7 Å². The monoisotopic (exact) mass is 446 g/mol. The SMILES string of the molecule is C[C@@H]1CN2c3ccc(-c4noc(C(F)F)n4)cc3C[C@@]3(C(=O)CC(=O)NC3=O)[C@H]2[C@H](C)O1. The van der Waals surface area contributed by atoms with Gasteiger partial charge in [-0.3, -0.25) is 19.7 Å². The molecule has 0 bridgehead atoms. The molecule has 9 nitrogen and oxygen atoms in total. The van der Waals surface area contributed by atoms with Crippen LogP contribution in [-0.2, 0) is 25.5 Å². The maximum atomic E-state index is 13.2. The van der Waals surface area contributed by atoms with Crippen LogP contribution in [0.5, 0.6) is 0 Å². The van der Waals surface area contributed by atoms with Crippen molar-refractivity contribution in [2.45, 2.75) is 51.4 Å². The molecule has 1 aromatic carbocycles. The Morgan fingerprint density at radius 2 is 2.03 bits per heavy atom. The molecule has 1 N–H and O–H groups in total. The molecule has 0 radical (unpaired) electrons. The predicted octanol–water partition coefficient (Wildman–Crippen LogP) is 1.81. The Hall–Kier alpha value is -3.21. The fourth-order valence-electron chi connectivity index (χ4n) is 5.23. The number of nitrogens with one attached hydrogen (secondary N) is 1. The Bertz CT molecular complexity index is 1110. The van der Waals surface area contributed by atoms with Gasteiger partial charge in [0.15, 0.2) is 5.78 Å². The highest BCUT2D eigenvalue weighted by Crippen LogP contribution is 2.48. The highest BCUT2D eigenvalue weighted by molar-refractivity contribution is 6.22. The van der Waals surface area contributed by atoms with Crippen molar-refractivity contribution >= 4 is 23.3 Å². The van der Waals surface area contributed by atoms with Gasteiger partial charge in [-0.15, -0.1) is 0 Å². The summed E-state index contributed by atoms with van der Waals surface area (Å²) in [6.07, 6.45) is -3.85. The maximum Gasteiger partial charge on any atom is 0.315 e. The molecule has 1 spiro atoms. The number of halogens is 2. The third-order valence-electron chi connectivity index (χ3n) is 6.41. The summed E-state index contributed by atoms with van der Waals surface area (Å²) in [5.41, 5.74) is 0.370. The van der Waals surface area contributed by atoms with Gasteiger partial charge in [0.25, 0.3) is 5.89 Å². The lowest BCUT2D eigenvalue weighted by molar-refractivity contribution is -0.158. The van der Waals surface area contributed by atoms with E-state index in [2.05, 4.69) is 20.0 Å². The Kier molecular flexibility index (Phi) is 4.63. The number of ether oxygens (including phenoxy) is 1. The number of fused-ring (bicyclic) bond motifs is 4. The highest BCUT2D eigenvalue weighted by atomic mass is 19.3. The number of amides is 2. The molecule has 0 saturated carbocycles. The van der Waals surface area contributed by atoms with Gasteiger partial charge in [-0.1, -0.05) is 5.16 Å². The van der Waals surface area contributed by atoms with Crippen molar-refractivity contribution in [2.24, 2.45) is 5.41 Å². The van der Waals surface area contributed by atoms with Crippen LogP contribution in [0.25, 0.3) is 11.4 Å². The van der Waals surface area contributed by atoms with Crippen LogP contribution in [0.3, 0.4) is 0 Å². The van der Waals surface area contributed by atoms with Crippen molar-refractivity contribution in [3.8, 4) is 11.4 Å². The first-order chi connectivity index (χ1) is 15.2. The summed E-state index contributed by atoms with van der Waals surface area (Å²) in [5.74, 6) is -2.53. The number of aromatic nitrogens is 2. The minimum Gasteiger partial charge on any atom is -0.372 e.